The minimum Gasteiger partial charge on any atom is -0.493 e. The maximum absolute atomic E-state index is 14.0. The molecule has 0 saturated carbocycles. The Labute approximate surface area is 271 Å². The van der Waals surface area contributed by atoms with Crippen LogP contribution < -0.4 is 19.7 Å². The molecule has 2 aliphatic rings. The van der Waals surface area contributed by atoms with Crippen molar-refractivity contribution in [2.24, 2.45) is 0 Å². The van der Waals surface area contributed by atoms with E-state index >= 15 is 0 Å². The Kier molecular flexibility index (Phi) is 11.3. The van der Waals surface area contributed by atoms with Crippen LogP contribution in [0, 0.1) is 5.41 Å². The molecule has 4 rings (SSSR count). The van der Waals surface area contributed by atoms with Crippen molar-refractivity contribution in [1.29, 1.82) is 5.41 Å². The number of amidine groups is 1. The minimum absolute atomic E-state index is 0.00804. The number of fused-ring (bicyclic) bond motifs is 1. The van der Waals surface area contributed by atoms with Crippen molar-refractivity contribution in [1.82, 2.24) is 10.2 Å². The summed E-state index contributed by atoms with van der Waals surface area (Å²) in [5.74, 6) is 0.115. The maximum Gasteiger partial charge on any atom is 0.303 e. The fraction of sp³-hybridized carbons (Fsp3) is 0.543. The molecule has 2 aromatic carbocycles. The third-order valence-corrected chi connectivity index (χ3v) is 8.45. The molecule has 2 aromatic rings. The van der Waals surface area contributed by atoms with Crippen molar-refractivity contribution in [3.8, 4) is 11.5 Å². The van der Waals surface area contributed by atoms with Gasteiger partial charge in [0.25, 0.3) is 5.91 Å². The number of hydrogen-bond acceptors (Lipinski definition) is 8. The van der Waals surface area contributed by atoms with Crippen molar-refractivity contribution in [2.45, 2.75) is 78.4 Å². The molecule has 0 spiro atoms. The molecule has 1 atom stereocenters. The molecular weight excluding hydrogens is 588 g/mol. The summed E-state index contributed by atoms with van der Waals surface area (Å²) in [7, 11) is 1.55. The molecule has 250 valence electrons. The predicted molar refractivity (Wildman–Crippen MR) is 177 cm³/mol. The van der Waals surface area contributed by atoms with E-state index in [1.165, 1.54) is 0 Å². The molecular formula is C35H48N4O7. The number of carboxylic acids is 1. The first-order chi connectivity index (χ1) is 21.9. The largest absolute Gasteiger partial charge is 0.493 e. The highest BCUT2D eigenvalue weighted by molar-refractivity contribution is 6.08. The fourth-order valence-electron chi connectivity index (χ4n) is 5.90. The molecule has 1 unspecified atom stereocenters. The molecule has 0 aliphatic carbocycles. The van der Waals surface area contributed by atoms with Gasteiger partial charge in [-0.25, -0.2) is 0 Å². The van der Waals surface area contributed by atoms with Crippen LogP contribution in [0.2, 0.25) is 0 Å². The van der Waals surface area contributed by atoms with E-state index in [0.29, 0.717) is 74.7 Å². The monoisotopic (exact) mass is 636 g/mol. The van der Waals surface area contributed by atoms with Crippen molar-refractivity contribution >= 4 is 29.2 Å². The quantitative estimate of drug-likeness (QED) is 0.244. The summed E-state index contributed by atoms with van der Waals surface area (Å²) in [6.07, 6.45) is 1.76. The van der Waals surface area contributed by atoms with E-state index in [4.69, 9.17) is 24.7 Å². The number of morpholine rings is 1. The van der Waals surface area contributed by atoms with Crippen LogP contribution in [0.1, 0.15) is 97.7 Å². The number of ether oxygens (including phenoxy) is 3. The van der Waals surface area contributed by atoms with E-state index in [9.17, 15) is 14.4 Å². The van der Waals surface area contributed by atoms with Gasteiger partial charge in [-0.15, -0.1) is 0 Å². The van der Waals surface area contributed by atoms with E-state index in [1.807, 2.05) is 26.0 Å². The van der Waals surface area contributed by atoms with Crippen LogP contribution in [-0.4, -0.2) is 86.1 Å². The zero-order chi connectivity index (χ0) is 33.6. The molecule has 1 fully saturated rings. The van der Waals surface area contributed by atoms with Crippen LogP contribution in [0.5, 0.6) is 11.5 Å². The van der Waals surface area contributed by atoms with E-state index in [1.54, 1.807) is 24.1 Å². The number of aliphatic carboxylic acids is 1. The van der Waals surface area contributed by atoms with Crippen molar-refractivity contribution in [3.05, 3.63) is 52.1 Å². The van der Waals surface area contributed by atoms with E-state index in [-0.39, 0.29) is 42.0 Å². The molecule has 11 heteroatoms. The lowest BCUT2D eigenvalue weighted by Crippen LogP contribution is -2.37. The van der Waals surface area contributed by atoms with Gasteiger partial charge >= 0.3 is 5.97 Å². The van der Waals surface area contributed by atoms with Gasteiger partial charge in [0.2, 0.25) is 0 Å². The van der Waals surface area contributed by atoms with Gasteiger partial charge in [-0.05, 0) is 61.4 Å². The Bertz CT molecular complexity index is 1460. The van der Waals surface area contributed by atoms with Gasteiger partial charge in [-0.1, -0.05) is 27.7 Å². The highest BCUT2D eigenvalue weighted by Gasteiger charge is 2.32. The van der Waals surface area contributed by atoms with Gasteiger partial charge < -0.3 is 34.4 Å². The number of nitrogens with one attached hydrogen (secondary N) is 2. The summed E-state index contributed by atoms with van der Waals surface area (Å²) < 4.78 is 18.1. The van der Waals surface area contributed by atoms with Crippen molar-refractivity contribution < 1.29 is 33.7 Å². The highest BCUT2D eigenvalue weighted by Crippen LogP contribution is 2.42. The molecule has 0 radical (unpaired) electrons. The van der Waals surface area contributed by atoms with Crippen LogP contribution in [-0.2, 0) is 21.5 Å². The Morgan fingerprint density at radius 3 is 2.43 bits per heavy atom. The third kappa shape index (κ3) is 7.99. The SMILES string of the molecule is CCOc1cc2c(cc1C(=O)NC)C(=N)N(CC(=O)c1cc(N3CCOCC3)c(OC(CC)CCCC(=O)O)c(C(C)(C)C)c1)C2. The zero-order valence-corrected chi connectivity index (χ0v) is 28.0. The number of carbonyl (C=O) groups is 3. The fourth-order valence-corrected chi connectivity index (χ4v) is 5.90. The third-order valence-electron chi connectivity index (χ3n) is 8.45. The number of carbonyl (C=O) groups excluding carboxylic acids is 2. The second kappa shape index (κ2) is 15.0. The van der Waals surface area contributed by atoms with Crippen LogP contribution in [0.15, 0.2) is 24.3 Å². The topological polar surface area (TPSA) is 141 Å². The summed E-state index contributed by atoms with van der Waals surface area (Å²) in [6, 6.07) is 7.28. The number of anilines is 1. The number of amides is 1. The van der Waals surface area contributed by atoms with Gasteiger partial charge in [0, 0.05) is 49.8 Å². The van der Waals surface area contributed by atoms with Crippen LogP contribution >= 0.6 is 0 Å². The number of benzene rings is 2. The van der Waals surface area contributed by atoms with Gasteiger partial charge in [0.1, 0.15) is 17.3 Å². The zero-order valence-electron chi connectivity index (χ0n) is 28.0. The van der Waals surface area contributed by atoms with Crippen LogP contribution in [0.4, 0.5) is 5.69 Å². The van der Waals surface area contributed by atoms with E-state index < -0.39 is 5.97 Å². The Morgan fingerprint density at radius 2 is 1.83 bits per heavy atom. The van der Waals surface area contributed by atoms with Crippen molar-refractivity contribution in [2.75, 3.05) is 51.4 Å². The first-order valence-electron chi connectivity index (χ1n) is 16.2. The van der Waals surface area contributed by atoms with Crippen LogP contribution in [0.3, 0.4) is 0 Å². The minimum atomic E-state index is -0.821. The molecule has 3 N–H and O–H groups in total. The van der Waals surface area contributed by atoms with Crippen LogP contribution in [0.25, 0.3) is 0 Å². The summed E-state index contributed by atoms with van der Waals surface area (Å²) in [6.45, 7) is 13.3. The van der Waals surface area contributed by atoms with Gasteiger partial charge in [-0.3, -0.25) is 19.8 Å². The Balaban J connectivity index is 1.67. The van der Waals surface area contributed by atoms with Gasteiger partial charge in [0.05, 0.1) is 43.7 Å². The molecule has 2 aliphatic heterocycles. The number of rotatable bonds is 14. The molecule has 1 amide bonds. The lowest BCUT2D eigenvalue weighted by Gasteiger charge is -2.35. The summed E-state index contributed by atoms with van der Waals surface area (Å²) >= 11 is 0. The molecule has 1 saturated heterocycles. The average molecular weight is 637 g/mol. The van der Waals surface area contributed by atoms with Gasteiger partial charge in [-0.2, -0.15) is 0 Å². The number of carboxylic acid groups (broad SMARTS) is 1. The lowest BCUT2D eigenvalue weighted by atomic mass is 9.84. The smallest absolute Gasteiger partial charge is 0.303 e. The second-order valence-electron chi connectivity index (χ2n) is 12.8. The van der Waals surface area contributed by atoms with E-state index in [2.05, 4.69) is 31.0 Å². The standard InChI is InChI=1S/C35H48N4O7/c1-7-24(10-9-11-31(41)42)46-32-27(35(3,4)5)16-22(17-28(32)38-12-14-44-15-13-38)29(40)21-39-20-23-18-30(45-8-2)26(34(43)37-6)19-25(23)33(39)36/h16-19,24,36H,7-15,20-21H2,1-6H3,(H,37,43)(H,41,42). The Hall–Kier alpha value is -4.12. The first-order valence-corrected chi connectivity index (χ1v) is 16.2. The summed E-state index contributed by atoms with van der Waals surface area (Å²) in [4.78, 5) is 41.6. The Morgan fingerprint density at radius 1 is 1.11 bits per heavy atom. The van der Waals surface area contributed by atoms with E-state index in [0.717, 1.165) is 29.0 Å². The molecule has 0 bridgehead atoms. The molecule has 46 heavy (non-hydrogen) atoms. The number of hydrogen-bond donors (Lipinski definition) is 3. The molecule has 0 aromatic heterocycles. The first kappa shape index (κ1) is 34.7. The highest BCUT2D eigenvalue weighted by atomic mass is 16.5. The average Bonchev–Trinajstić information content (AvgIpc) is 3.32. The van der Waals surface area contributed by atoms with Crippen molar-refractivity contribution in [3.63, 3.8) is 0 Å². The second-order valence-corrected chi connectivity index (χ2v) is 12.8. The summed E-state index contributed by atoms with van der Waals surface area (Å²) in [5.41, 5.74) is 3.68. The lowest BCUT2D eigenvalue weighted by molar-refractivity contribution is -0.137. The predicted octanol–water partition coefficient (Wildman–Crippen LogP) is 5.02. The number of ketones is 1. The van der Waals surface area contributed by atoms with Gasteiger partial charge in [0.15, 0.2) is 5.78 Å². The maximum atomic E-state index is 14.0. The number of nitrogens with zero attached hydrogens (tertiary/aromatic N) is 2. The summed E-state index contributed by atoms with van der Waals surface area (Å²) in [5, 5.41) is 20.7. The molecule has 2 heterocycles. The number of Topliss-reactive ketones (excluding diaryl/α,β-unsaturated/α-hetero) is 1. The molecule has 11 nitrogen and oxygen atoms in total. The normalized spacial score (nSPS) is 15.4.